The highest BCUT2D eigenvalue weighted by Gasteiger charge is 2.24. The van der Waals surface area contributed by atoms with Crippen LogP contribution in [0.1, 0.15) is 30.0 Å². The molecule has 4 rings (SSSR count). The van der Waals surface area contributed by atoms with Crippen LogP contribution in [0.4, 0.5) is 4.39 Å². The highest BCUT2D eigenvalue weighted by Crippen LogP contribution is 2.24. The van der Waals surface area contributed by atoms with Crippen LogP contribution < -0.4 is 15.6 Å². The first kappa shape index (κ1) is 21.3. The number of hydrogen-bond donors (Lipinski definition) is 3. The molecular weight excluding hydrogens is 411 g/mol. The summed E-state index contributed by atoms with van der Waals surface area (Å²) in [7, 11) is 0. The van der Waals surface area contributed by atoms with E-state index in [1.807, 2.05) is 30.5 Å². The third-order valence-corrected chi connectivity index (χ3v) is 5.16. The number of aromatic amines is 2. The summed E-state index contributed by atoms with van der Waals surface area (Å²) in [5.41, 5.74) is 2.07. The molecule has 0 bridgehead atoms. The lowest BCUT2D eigenvalue weighted by atomic mass is 10.0. The van der Waals surface area contributed by atoms with E-state index in [1.54, 1.807) is 26.0 Å². The summed E-state index contributed by atoms with van der Waals surface area (Å²) in [6.07, 6.45) is 1.32. The Labute approximate surface area is 183 Å². The number of fused-ring (bicyclic) bond motifs is 1. The molecule has 0 radical (unpaired) electrons. The third kappa shape index (κ3) is 4.69. The second-order valence-corrected chi connectivity index (χ2v) is 7.57. The molecule has 1 amide bonds. The fourth-order valence-corrected chi connectivity index (χ4v) is 3.60. The molecule has 0 spiro atoms. The van der Waals surface area contributed by atoms with Gasteiger partial charge in [0.1, 0.15) is 5.82 Å². The molecule has 0 unspecified atom stereocenters. The number of carbonyl (C=O) groups excluding carboxylic acids is 1. The molecule has 4 aromatic rings. The Morgan fingerprint density at radius 1 is 1.19 bits per heavy atom. The van der Waals surface area contributed by atoms with Crippen LogP contribution in [0.2, 0.25) is 0 Å². The van der Waals surface area contributed by atoms with Crippen molar-refractivity contribution in [3.63, 3.8) is 0 Å². The van der Waals surface area contributed by atoms with Crippen LogP contribution in [0.5, 0.6) is 5.75 Å². The minimum Gasteiger partial charge on any atom is -0.478 e. The van der Waals surface area contributed by atoms with E-state index in [-0.39, 0.29) is 11.3 Å². The van der Waals surface area contributed by atoms with Crippen LogP contribution in [0.25, 0.3) is 10.9 Å². The van der Waals surface area contributed by atoms with Gasteiger partial charge in [0, 0.05) is 29.6 Å². The standard InChI is InChI=1S/C24H23FN4O3/c1-14(32-22-10-6-4-8-18(22)25)24(31)29-20(21-12-23(30)28-15(2)27-21)11-16-13-26-19-9-5-3-7-17(16)19/h3-10,12-14,20,26H,11H2,1-2H3,(H,29,31)(H,27,28,30)/t14-,20+/m1/s1. The van der Waals surface area contributed by atoms with Gasteiger partial charge in [-0.3, -0.25) is 9.59 Å². The van der Waals surface area contributed by atoms with Crippen molar-refractivity contribution in [3.8, 4) is 5.75 Å². The molecule has 7 nitrogen and oxygen atoms in total. The summed E-state index contributed by atoms with van der Waals surface area (Å²) in [6, 6.07) is 14.5. The zero-order valence-electron chi connectivity index (χ0n) is 17.7. The summed E-state index contributed by atoms with van der Waals surface area (Å²) in [6.45, 7) is 3.22. The van der Waals surface area contributed by atoms with Crippen LogP contribution in [0, 0.1) is 12.7 Å². The molecule has 2 atom stereocenters. The predicted octanol–water partition coefficient (Wildman–Crippen LogP) is 3.57. The van der Waals surface area contributed by atoms with E-state index in [9.17, 15) is 14.0 Å². The van der Waals surface area contributed by atoms with Crippen molar-refractivity contribution in [1.82, 2.24) is 20.3 Å². The van der Waals surface area contributed by atoms with Gasteiger partial charge in [-0.15, -0.1) is 0 Å². The van der Waals surface area contributed by atoms with Crippen molar-refractivity contribution in [2.24, 2.45) is 0 Å². The van der Waals surface area contributed by atoms with Gasteiger partial charge in [0.2, 0.25) is 0 Å². The zero-order chi connectivity index (χ0) is 22.7. The van der Waals surface area contributed by atoms with E-state index in [4.69, 9.17) is 4.74 Å². The first-order valence-corrected chi connectivity index (χ1v) is 10.2. The molecule has 0 aliphatic carbocycles. The average molecular weight is 434 g/mol. The van der Waals surface area contributed by atoms with Gasteiger partial charge in [-0.05, 0) is 37.6 Å². The molecule has 0 saturated heterocycles. The van der Waals surface area contributed by atoms with Gasteiger partial charge in [0.15, 0.2) is 17.7 Å². The lowest BCUT2D eigenvalue weighted by molar-refractivity contribution is -0.128. The van der Waals surface area contributed by atoms with Crippen molar-refractivity contribution in [2.75, 3.05) is 0 Å². The Bertz CT molecular complexity index is 1310. The van der Waals surface area contributed by atoms with Crippen molar-refractivity contribution in [2.45, 2.75) is 32.4 Å². The van der Waals surface area contributed by atoms with Crippen LogP contribution in [-0.2, 0) is 11.2 Å². The van der Waals surface area contributed by atoms with E-state index in [0.717, 1.165) is 16.5 Å². The molecule has 2 aromatic heterocycles. The molecule has 8 heteroatoms. The van der Waals surface area contributed by atoms with E-state index in [1.165, 1.54) is 18.2 Å². The Hall–Kier alpha value is -3.94. The lowest BCUT2D eigenvalue weighted by Gasteiger charge is -2.21. The molecule has 2 aromatic carbocycles. The van der Waals surface area contributed by atoms with Gasteiger partial charge in [-0.1, -0.05) is 30.3 Å². The molecule has 2 heterocycles. The maximum Gasteiger partial charge on any atom is 0.261 e. The smallest absolute Gasteiger partial charge is 0.261 e. The number of nitrogens with one attached hydrogen (secondary N) is 3. The van der Waals surface area contributed by atoms with E-state index in [2.05, 4.69) is 20.3 Å². The van der Waals surface area contributed by atoms with Crippen molar-refractivity contribution in [3.05, 3.63) is 94.0 Å². The topological polar surface area (TPSA) is 99.9 Å². The Balaban J connectivity index is 1.60. The van der Waals surface area contributed by atoms with E-state index < -0.39 is 23.9 Å². The number of halogens is 1. The summed E-state index contributed by atoms with van der Waals surface area (Å²) in [4.78, 5) is 35.2. The number of carbonyl (C=O) groups is 1. The number of ether oxygens (including phenoxy) is 1. The average Bonchev–Trinajstić information content (AvgIpc) is 3.17. The van der Waals surface area contributed by atoms with Crippen LogP contribution in [-0.4, -0.2) is 27.0 Å². The summed E-state index contributed by atoms with van der Waals surface area (Å²) in [5.74, 6) is -0.554. The van der Waals surface area contributed by atoms with Gasteiger partial charge in [0.25, 0.3) is 11.5 Å². The molecule has 32 heavy (non-hydrogen) atoms. The molecule has 0 aliphatic heterocycles. The number of nitrogens with zero attached hydrogens (tertiary/aromatic N) is 1. The van der Waals surface area contributed by atoms with Crippen molar-refractivity contribution < 1.29 is 13.9 Å². The van der Waals surface area contributed by atoms with Gasteiger partial charge in [-0.25, -0.2) is 9.37 Å². The molecule has 3 N–H and O–H groups in total. The number of rotatable bonds is 7. The Morgan fingerprint density at radius 3 is 2.72 bits per heavy atom. The highest BCUT2D eigenvalue weighted by atomic mass is 19.1. The minimum atomic E-state index is -0.958. The van der Waals surface area contributed by atoms with Gasteiger partial charge >= 0.3 is 0 Å². The minimum absolute atomic E-state index is 0.00606. The van der Waals surface area contributed by atoms with Gasteiger partial charge < -0.3 is 20.0 Å². The summed E-state index contributed by atoms with van der Waals surface area (Å²) >= 11 is 0. The first-order chi connectivity index (χ1) is 15.4. The van der Waals surface area contributed by atoms with Crippen LogP contribution in [0.3, 0.4) is 0 Å². The summed E-state index contributed by atoms with van der Waals surface area (Å²) < 4.78 is 19.4. The quantitative estimate of drug-likeness (QED) is 0.414. The molecule has 0 saturated carbocycles. The number of aryl methyl sites for hydroxylation is 1. The number of hydrogen-bond acceptors (Lipinski definition) is 4. The number of aromatic nitrogens is 3. The number of benzene rings is 2. The van der Waals surface area contributed by atoms with Gasteiger partial charge in [-0.2, -0.15) is 0 Å². The van der Waals surface area contributed by atoms with Crippen molar-refractivity contribution >= 4 is 16.8 Å². The molecular formula is C24H23FN4O3. The monoisotopic (exact) mass is 434 g/mol. The fraction of sp³-hybridized carbons (Fsp3) is 0.208. The van der Waals surface area contributed by atoms with E-state index >= 15 is 0 Å². The zero-order valence-corrected chi connectivity index (χ0v) is 17.7. The maximum atomic E-state index is 13.9. The molecule has 0 fully saturated rings. The number of amides is 1. The summed E-state index contributed by atoms with van der Waals surface area (Å²) in [5, 5.41) is 3.93. The Kier molecular flexibility index (Phi) is 6.02. The SMILES string of the molecule is Cc1nc([C@H](Cc2c[nH]c3ccccc23)NC(=O)[C@@H](C)Oc2ccccc2F)cc(=O)[nH]1. The predicted molar refractivity (Wildman–Crippen MR) is 119 cm³/mol. The first-order valence-electron chi connectivity index (χ1n) is 10.2. The highest BCUT2D eigenvalue weighted by molar-refractivity contribution is 5.84. The number of H-pyrrole nitrogens is 2. The van der Waals surface area contributed by atoms with E-state index in [0.29, 0.717) is 17.9 Å². The van der Waals surface area contributed by atoms with Crippen molar-refractivity contribution in [1.29, 1.82) is 0 Å². The number of para-hydroxylation sites is 2. The largest absolute Gasteiger partial charge is 0.478 e. The lowest BCUT2D eigenvalue weighted by Crippen LogP contribution is -2.40. The molecule has 164 valence electrons. The second-order valence-electron chi connectivity index (χ2n) is 7.57. The van der Waals surface area contributed by atoms with Crippen LogP contribution in [0.15, 0.2) is 65.6 Å². The fourth-order valence-electron chi connectivity index (χ4n) is 3.60. The van der Waals surface area contributed by atoms with Gasteiger partial charge in [0.05, 0.1) is 11.7 Å². The molecule has 0 aliphatic rings. The Morgan fingerprint density at radius 2 is 1.94 bits per heavy atom. The second kappa shape index (κ2) is 9.05. The normalized spacial score (nSPS) is 13.0. The van der Waals surface area contributed by atoms with Crippen LogP contribution >= 0.6 is 0 Å². The maximum absolute atomic E-state index is 13.9. The third-order valence-electron chi connectivity index (χ3n) is 5.16.